The van der Waals surface area contributed by atoms with Crippen LogP contribution in [-0.2, 0) is 17.4 Å². The summed E-state index contributed by atoms with van der Waals surface area (Å²) in [6.45, 7) is 0.495. The van der Waals surface area contributed by atoms with E-state index in [2.05, 4.69) is 5.32 Å². The topological polar surface area (TPSA) is 55.1 Å². The number of hydrogen-bond acceptors (Lipinski definition) is 2. The minimum atomic E-state index is -4.36. The van der Waals surface area contributed by atoms with Crippen molar-refractivity contribution in [3.8, 4) is 0 Å². The maximum atomic E-state index is 12.8. The molecule has 1 aliphatic carbocycles. The lowest BCUT2D eigenvalue weighted by molar-refractivity contribution is -0.137. The van der Waals surface area contributed by atoms with Crippen LogP contribution in [0.1, 0.15) is 29.0 Å². The Hall–Kier alpha value is -2.21. The second-order valence-corrected chi connectivity index (χ2v) is 6.35. The third kappa shape index (κ3) is 4.91. The number of amides is 1. The summed E-state index contributed by atoms with van der Waals surface area (Å²) >= 11 is 0. The van der Waals surface area contributed by atoms with Gasteiger partial charge in [0.1, 0.15) is 0 Å². The molecule has 0 saturated heterocycles. The fourth-order valence-corrected chi connectivity index (χ4v) is 2.94. The Bertz CT molecular complexity index is 762. The Morgan fingerprint density at radius 3 is 2.50 bits per heavy atom. The maximum Gasteiger partial charge on any atom is 0.416 e. The maximum absolute atomic E-state index is 12.8. The van der Waals surface area contributed by atoms with E-state index in [1.165, 1.54) is 6.07 Å². The molecule has 0 bridgehead atoms. The summed E-state index contributed by atoms with van der Waals surface area (Å²) in [4.78, 5) is 12.2. The lowest BCUT2D eigenvalue weighted by Crippen LogP contribution is -2.27. The molecule has 3 nitrogen and oxygen atoms in total. The predicted molar refractivity (Wildman–Crippen MR) is 97.1 cm³/mol. The van der Waals surface area contributed by atoms with E-state index in [-0.39, 0.29) is 30.2 Å². The molecule has 140 valence electrons. The minimum absolute atomic E-state index is 0. The van der Waals surface area contributed by atoms with Crippen molar-refractivity contribution >= 4 is 24.0 Å². The molecule has 1 amide bonds. The van der Waals surface area contributed by atoms with Gasteiger partial charge in [0.15, 0.2) is 0 Å². The minimum Gasteiger partial charge on any atom is -0.399 e. The lowest BCUT2D eigenvalue weighted by Gasteiger charge is -2.09. The van der Waals surface area contributed by atoms with Crippen LogP contribution in [0.5, 0.6) is 0 Å². The van der Waals surface area contributed by atoms with E-state index in [0.717, 1.165) is 17.7 Å². The Kier molecular flexibility index (Phi) is 6.18. The van der Waals surface area contributed by atoms with Gasteiger partial charge in [0.25, 0.3) is 0 Å². The van der Waals surface area contributed by atoms with Gasteiger partial charge in [-0.25, -0.2) is 0 Å². The van der Waals surface area contributed by atoms with E-state index in [1.54, 1.807) is 6.07 Å². The van der Waals surface area contributed by atoms with Gasteiger partial charge < -0.3 is 11.1 Å². The predicted octanol–water partition coefficient (Wildman–Crippen LogP) is 4.17. The quantitative estimate of drug-likeness (QED) is 0.760. The van der Waals surface area contributed by atoms with E-state index in [9.17, 15) is 18.0 Å². The van der Waals surface area contributed by atoms with Crippen LogP contribution in [0.4, 0.5) is 18.9 Å². The highest BCUT2D eigenvalue weighted by molar-refractivity contribution is 5.85. The number of alkyl halides is 3. The highest BCUT2D eigenvalue weighted by Gasteiger charge is 2.44. The first-order valence-electron chi connectivity index (χ1n) is 8.14. The number of nitrogens with two attached hydrogens (primary N) is 1. The third-order valence-electron chi connectivity index (χ3n) is 4.46. The van der Waals surface area contributed by atoms with Crippen LogP contribution in [0.2, 0.25) is 0 Å². The van der Waals surface area contributed by atoms with Crippen LogP contribution in [-0.4, -0.2) is 12.5 Å². The molecule has 0 heterocycles. The first-order valence-corrected chi connectivity index (χ1v) is 8.14. The van der Waals surface area contributed by atoms with Gasteiger partial charge in [-0.2, -0.15) is 13.2 Å². The number of hydrogen-bond donors (Lipinski definition) is 2. The number of nitrogen functional groups attached to an aromatic ring is 1. The van der Waals surface area contributed by atoms with Crippen LogP contribution in [0.25, 0.3) is 0 Å². The molecule has 7 heteroatoms. The Labute approximate surface area is 156 Å². The largest absolute Gasteiger partial charge is 0.416 e. The number of carbonyl (C=O) groups is 1. The van der Waals surface area contributed by atoms with Crippen molar-refractivity contribution < 1.29 is 18.0 Å². The molecule has 1 saturated carbocycles. The zero-order valence-electron chi connectivity index (χ0n) is 13.9. The van der Waals surface area contributed by atoms with Crippen molar-refractivity contribution in [2.45, 2.75) is 24.9 Å². The molecule has 0 aromatic heterocycles. The van der Waals surface area contributed by atoms with E-state index in [4.69, 9.17) is 5.73 Å². The fourth-order valence-electron chi connectivity index (χ4n) is 2.94. The summed E-state index contributed by atoms with van der Waals surface area (Å²) in [6, 6.07) is 12.7. The number of benzene rings is 2. The van der Waals surface area contributed by atoms with Crippen LogP contribution in [0.15, 0.2) is 48.5 Å². The van der Waals surface area contributed by atoms with Crippen molar-refractivity contribution in [1.29, 1.82) is 0 Å². The number of rotatable bonds is 5. The molecule has 1 fully saturated rings. The summed E-state index contributed by atoms with van der Waals surface area (Å²) < 4.78 is 38.3. The molecule has 0 aliphatic heterocycles. The fraction of sp³-hybridized carbons (Fsp3) is 0.316. The number of carbonyl (C=O) groups excluding carboxylic acids is 1. The number of nitrogens with one attached hydrogen (secondary N) is 1. The van der Waals surface area contributed by atoms with Crippen molar-refractivity contribution in [2.75, 3.05) is 12.3 Å². The van der Waals surface area contributed by atoms with Gasteiger partial charge in [-0.1, -0.05) is 30.3 Å². The first kappa shape index (κ1) is 20.1. The Morgan fingerprint density at radius 1 is 1.15 bits per heavy atom. The van der Waals surface area contributed by atoms with E-state index in [0.29, 0.717) is 30.6 Å². The van der Waals surface area contributed by atoms with Crippen molar-refractivity contribution in [1.82, 2.24) is 5.32 Å². The SMILES string of the molecule is Cl.Nc1ccc(CCNC(=O)C2CC2c2cccc(C(F)(F)F)c2)cc1. The smallest absolute Gasteiger partial charge is 0.399 e. The average molecular weight is 385 g/mol. The van der Waals surface area contributed by atoms with Crippen molar-refractivity contribution in [2.24, 2.45) is 5.92 Å². The van der Waals surface area contributed by atoms with E-state index < -0.39 is 11.7 Å². The number of halogens is 4. The van der Waals surface area contributed by atoms with Gasteiger partial charge in [-0.3, -0.25) is 4.79 Å². The molecule has 0 radical (unpaired) electrons. The van der Waals surface area contributed by atoms with E-state index >= 15 is 0 Å². The molecule has 26 heavy (non-hydrogen) atoms. The van der Waals surface area contributed by atoms with Crippen LogP contribution in [0, 0.1) is 5.92 Å². The molecular weight excluding hydrogens is 365 g/mol. The summed E-state index contributed by atoms with van der Waals surface area (Å²) in [5, 5.41) is 2.86. The summed E-state index contributed by atoms with van der Waals surface area (Å²) in [5.74, 6) is -0.466. The molecule has 2 unspecified atom stereocenters. The first-order chi connectivity index (χ1) is 11.8. The standard InChI is InChI=1S/C19H19F3N2O.ClH/c20-19(21,22)14-3-1-2-13(10-14)16-11-17(16)18(25)24-9-8-12-4-6-15(23)7-5-12;/h1-7,10,16-17H,8-9,11,23H2,(H,24,25);1H. The molecule has 3 rings (SSSR count). The van der Waals surface area contributed by atoms with Gasteiger partial charge in [0.05, 0.1) is 5.56 Å². The Balaban J connectivity index is 0.00000243. The van der Waals surface area contributed by atoms with Gasteiger partial charge in [0.2, 0.25) is 5.91 Å². The van der Waals surface area contributed by atoms with Gasteiger partial charge in [0, 0.05) is 18.2 Å². The van der Waals surface area contributed by atoms with E-state index in [1.807, 2.05) is 24.3 Å². The Morgan fingerprint density at radius 2 is 1.85 bits per heavy atom. The molecule has 2 atom stereocenters. The number of anilines is 1. The lowest BCUT2D eigenvalue weighted by atomic mass is 10.1. The molecule has 0 spiro atoms. The van der Waals surface area contributed by atoms with Crippen LogP contribution in [0.3, 0.4) is 0 Å². The third-order valence-corrected chi connectivity index (χ3v) is 4.46. The molecular formula is C19H20ClF3N2O. The van der Waals surface area contributed by atoms with Gasteiger partial charge in [-0.15, -0.1) is 12.4 Å². The molecule has 2 aromatic carbocycles. The van der Waals surface area contributed by atoms with Crippen LogP contribution < -0.4 is 11.1 Å². The normalized spacial score (nSPS) is 18.7. The molecule has 3 N–H and O–H groups in total. The highest BCUT2D eigenvalue weighted by Crippen LogP contribution is 2.48. The van der Waals surface area contributed by atoms with Gasteiger partial charge >= 0.3 is 6.18 Å². The van der Waals surface area contributed by atoms with Gasteiger partial charge in [-0.05, 0) is 48.1 Å². The van der Waals surface area contributed by atoms with Crippen molar-refractivity contribution in [3.63, 3.8) is 0 Å². The summed E-state index contributed by atoms with van der Waals surface area (Å²) in [6.07, 6.45) is -3.08. The summed E-state index contributed by atoms with van der Waals surface area (Å²) in [5.41, 5.74) is 7.29. The zero-order valence-corrected chi connectivity index (χ0v) is 14.7. The molecule has 1 aliphatic rings. The van der Waals surface area contributed by atoms with Crippen molar-refractivity contribution in [3.05, 3.63) is 65.2 Å². The second-order valence-electron chi connectivity index (χ2n) is 6.35. The summed E-state index contributed by atoms with van der Waals surface area (Å²) in [7, 11) is 0. The van der Waals surface area contributed by atoms with Crippen LogP contribution >= 0.6 is 12.4 Å². The zero-order chi connectivity index (χ0) is 18.0. The molecule has 2 aromatic rings. The highest BCUT2D eigenvalue weighted by atomic mass is 35.5. The second kappa shape index (κ2) is 7.99. The monoisotopic (exact) mass is 384 g/mol. The average Bonchev–Trinajstić information content (AvgIpc) is 3.37.